The summed E-state index contributed by atoms with van der Waals surface area (Å²) in [6.45, 7) is 3.52. The lowest BCUT2D eigenvalue weighted by molar-refractivity contribution is -0.122. The lowest BCUT2D eigenvalue weighted by Gasteiger charge is -2.28. The van der Waals surface area contributed by atoms with Crippen molar-refractivity contribution in [3.8, 4) is 0 Å². The zero-order valence-corrected chi connectivity index (χ0v) is 8.72. The molecule has 0 aromatic heterocycles. The van der Waals surface area contributed by atoms with Crippen molar-refractivity contribution in [1.29, 1.82) is 0 Å². The molecule has 70 valence electrons. The molecule has 5 heteroatoms. The molecule has 0 radical (unpaired) electrons. The van der Waals surface area contributed by atoms with E-state index >= 15 is 0 Å². The van der Waals surface area contributed by atoms with Crippen molar-refractivity contribution < 1.29 is 13.9 Å². The van der Waals surface area contributed by atoms with E-state index in [0.29, 0.717) is 0 Å². The molecule has 0 aliphatic carbocycles. The summed E-state index contributed by atoms with van der Waals surface area (Å²) in [7, 11) is 0.207. The van der Waals surface area contributed by atoms with Gasteiger partial charge in [-0.05, 0) is 20.9 Å². The van der Waals surface area contributed by atoms with Crippen LogP contribution in [0, 0.1) is 0 Å². The lowest BCUT2D eigenvalue weighted by Crippen LogP contribution is -2.39. The van der Waals surface area contributed by atoms with Crippen molar-refractivity contribution in [3.63, 3.8) is 0 Å². The summed E-state index contributed by atoms with van der Waals surface area (Å²) in [6, 6.07) is 0. The van der Waals surface area contributed by atoms with Crippen molar-refractivity contribution >= 4 is 13.3 Å². The molecular weight excluding hydrogens is 177 g/mol. The Morgan fingerprint density at radius 2 is 2.08 bits per heavy atom. The predicted octanol–water partition coefficient (Wildman–Crippen LogP) is 1.12. The second-order valence-corrected chi connectivity index (χ2v) is 6.04. The van der Waals surface area contributed by atoms with Gasteiger partial charge in [0.05, 0.1) is 11.7 Å². The molecule has 1 aliphatic rings. The number of carbonyl (C=O) groups excluding carboxylic acids is 1. The number of nitrogens with zero attached hydrogens (tertiary/aromatic N) is 1. The van der Waals surface area contributed by atoms with Gasteiger partial charge in [-0.15, -0.1) is 0 Å². The quantitative estimate of drug-likeness (QED) is 0.582. The fraction of sp³-hybridized carbons (Fsp3) is 0.857. The van der Waals surface area contributed by atoms with Gasteiger partial charge in [-0.3, -0.25) is 9.36 Å². The highest BCUT2D eigenvalue weighted by Crippen LogP contribution is 2.58. The molecule has 0 saturated carbocycles. The van der Waals surface area contributed by atoms with Gasteiger partial charge in [0.25, 0.3) is 7.52 Å². The van der Waals surface area contributed by atoms with Gasteiger partial charge in [-0.25, -0.2) is 4.67 Å². The lowest BCUT2D eigenvalue weighted by atomic mass is 10.0. The van der Waals surface area contributed by atoms with E-state index < -0.39 is 13.1 Å². The largest absolute Gasteiger partial charge is 0.320 e. The number of hydrogen-bond donors (Lipinski definition) is 0. The topological polar surface area (TPSA) is 46.6 Å². The van der Waals surface area contributed by atoms with E-state index in [9.17, 15) is 9.36 Å². The molecule has 0 amide bonds. The molecule has 1 rings (SSSR count). The molecule has 12 heavy (non-hydrogen) atoms. The molecule has 4 nitrogen and oxygen atoms in total. The summed E-state index contributed by atoms with van der Waals surface area (Å²) in [5.74, 6) is -0.0183. The number of carbonyl (C=O) groups is 1. The summed E-state index contributed by atoms with van der Waals surface area (Å²) < 4.78 is 18.2. The van der Waals surface area contributed by atoms with Crippen molar-refractivity contribution in [2.75, 3.05) is 20.3 Å². The summed E-state index contributed by atoms with van der Waals surface area (Å²) in [5.41, 5.74) is -0.647. The van der Waals surface area contributed by atoms with E-state index in [1.807, 2.05) is 0 Å². The van der Waals surface area contributed by atoms with Gasteiger partial charge in [-0.2, -0.15) is 0 Å². The first-order valence-electron chi connectivity index (χ1n) is 3.77. The fourth-order valence-electron chi connectivity index (χ4n) is 1.23. The van der Waals surface area contributed by atoms with Gasteiger partial charge in [0.1, 0.15) is 0 Å². The van der Waals surface area contributed by atoms with Crippen LogP contribution in [0.15, 0.2) is 0 Å². The average Bonchev–Trinajstić information content (AvgIpc) is 2.14. The van der Waals surface area contributed by atoms with Crippen molar-refractivity contribution in [2.45, 2.75) is 19.4 Å². The molecule has 0 aromatic carbocycles. The molecule has 1 saturated heterocycles. The maximum absolute atomic E-state index is 11.8. The van der Waals surface area contributed by atoms with Gasteiger partial charge in [0.2, 0.25) is 0 Å². The molecule has 0 bridgehead atoms. The Morgan fingerprint density at radius 3 is 2.25 bits per heavy atom. The zero-order valence-electron chi connectivity index (χ0n) is 7.83. The Bertz CT molecular complexity index is 261. The normalized spacial score (nSPS) is 35.8. The number of Topliss-reactive ketones (excluding diaryl/α,β-unsaturated/α-hetero) is 1. The van der Waals surface area contributed by atoms with E-state index in [-0.39, 0.29) is 11.9 Å². The van der Waals surface area contributed by atoms with Crippen LogP contribution in [0.3, 0.4) is 0 Å². The van der Waals surface area contributed by atoms with Crippen LogP contribution < -0.4 is 0 Å². The van der Waals surface area contributed by atoms with Crippen LogP contribution in [0.5, 0.6) is 0 Å². The molecule has 0 unspecified atom stereocenters. The van der Waals surface area contributed by atoms with E-state index in [0.717, 1.165) is 0 Å². The number of hydrogen-bond acceptors (Lipinski definition) is 3. The summed E-state index contributed by atoms with van der Waals surface area (Å²) in [4.78, 5) is 11.4. The molecule has 0 spiro atoms. The molecule has 1 aliphatic heterocycles. The van der Waals surface area contributed by atoms with Crippen LogP contribution in [-0.4, -0.2) is 36.3 Å². The molecular formula is C7H14NO3P. The third-order valence-electron chi connectivity index (χ3n) is 2.58. The molecule has 1 heterocycles. The van der Waals surface area contributed by atoms with Gasteiger partial charge < -0.3 is 4.52 Å². The maximum Gasteiger partial charge on any atom is 0.280 e. The highest BCUT2D eigenvalue weighted by atomic mass is 31.2. The zero-order chi connectivity index (χ0) is 9.57. The fourth-order valence-corrected chi connectivity index (χ4v) is 3.44. The first-order chi connectivity index (χ1) is 5.34. The van der Waals surface area contributed by atoms with Crippen LogP contribution in [-0.2, 0) is 13.9 Å². The second-order valence-electron chi connectivity index (χ2n) is 3.48. The Labute approximate surface area is 72.4 Å². The van der Waals surface area contributed by atoms with Crippen molar-refractivity contribution in [1.82, 2.24) is 4.67 Å². The first-order valence-corrected chi connectivity index (χ1v) is 5.53. The number of rotatable bonds is 1. The van der Waals surface area contributed by atoms with Gasteiger partial charge in [-0.1, -0.05) is 0 Å². The summed E-state index contributed by atoms with van der Waals surface area (Å²) in [6.07, 6.45) is 0.0347. The minimum atomic E-state index is -2.84. The first kappa shape index (κ1) is 9.90. The molecule has 1 atom stereocenters. The van der Waals surface area contributed by atoms with Crippen LogP contribution in [0.1, 0.15) is 13.8 Å². The maximum atomic E-state index is 11.8. The smallest absolute Gasteiger partial charge is 0.280 e. The Balaban J connectivity index is 3.06. The van der Waals surface area contributed by atoms with Crippen LogP contribution in [0.2, 0.25) is 0 Å². The van der Waals surface area contributed by atoms with E-state index in [4.69, 9.17) is 4.52 Å². The van der Waals surface area contributed by atoms with Crippen LogP contribution in [0.4, 0.5) is 0 Å². The predicted molar refractivity (Wildman–Crippen MR) is 46.3 cm³/mol. The van der Waals surface area contributed by atoms with E-state index in [1.165, 1.54) is 7.11 Å². The minimum Gasteiger partial charge on any atom is -0.320 e. The second kappa shape index (κ2) is 2.66. The third-order valence-corrected chi connectivity index (χ3v) is 5.25. The summed E-state index contributed by atoms with van der Waals surface area (Å²) in [5, 5.41) is 0. The van der Waals surface area contributed by atoms with Gasteiger partial charge in [0.15, 0.2) is 5.78 Å². The van der Waals surface area contributed by atoms with Crippen LogP contribution >= 0.6 is 7.52 Å². The number of ketones is 1. The highest BCUT2D eigenvalue weighted by molar-refractivity contribution is 7.58. The molecule has 0 N–H and O–H groups in total. The molecule has 1 fully saturated rings. The van der Waals surface area contributed by atoms with Gasteiger partial charge >= 0.3 is 0 Å². The highest BCUT2D eigenvalue weighted by Gasteiger charge is 2.51. The third kappa shape index (κ3) is 1.15. The monoisotopic (exact) mass is 191 g/mol. The Hall–Kier alpha value is -0.180. The summed E-state index contributed by atoms with van der Waals surface area (Å²) >= 11 is 0. The van der Waals surface area contributed by atoms with E-state index in [2.05, 4.69) is 0 Å². The number of likely N-dealkylation sites (N-methyl/N-ethyl adjacent to an activating group) is 1. The Morgan fingerprint density at radius 1 is 1.58 bits per heavy atom. The molecule has 0 aromatic rings. The van der Waals surface area contributed by atoms with Crippen LogP contribution in [0.25, 0.3) is 0 Å². The minimum absolute atomic E-state index is 0.0183. The van der Waals surface area contributed by atoms with E-state index in [1.54, 1.807) is 25.6 Å². The average molecular weight is 191 g/mol. The van der Waals surface area contributed by atoms with Crippen molar-refractivity contribution in [3.05, 3.63) is 0 Å². The van der Waals surface area contributed by atoms with Crippen molar-refractivity contribution in [2.24, 2.45) is 0 Å². The Kier molecular flexibility index (Phi) is 2.19. The van der Waals surface area contributed by atoms with Gasteiger partial charge in [0, 0.05) is 7.11 Å². The standard InChI is InChI=1S/C7H14NO3P/c1-7(2)6(9)5-12(10,11-4)8(7)3/h5H2,1-4H3/t12-/m0/s1. The SMILES string of the molecule is CO[P@@]1(=O)CC(=O)C(C)(C)N1C.